The fourth-order valence-electron chi connectivity index (χ4n) is 3.51. The molecule has 0 aromatic heterocycles. The van der Waals surface area contributed by atoms with E-state index < -0.39 is 27.7 Å². The van der Waals surface area contributed by atoms with Gasteiger partial charge in [0, 0.05) is 26.2 Å². The number of halogens is 2. The van der Waals surface area contributed by atoms with E-state index in [1.54, 1.807) is 4.90 Å². The number of likely N-dealkylation sites (N-methyl/N-ethyl adjacent to an activating group) is 1. The molecule has 0 radical (unpaired) electrons. The minimum absolute atomic E-state index is 0.0876. The van der Waals surface area contributed by atoms with Crippen LogP contribution in [-0.2, 0) is 14.8 Å². The van der Waals surface area contributed by atoms with Crippen LogP contribution >= 0.6 is 0 Å². The molecule has 2 aromatic rings. The molecule has 9 heteroatoms. The SMILES string of the molecule is CCN(C)C(C(=O)N1CCN(S(=O)(=O)c2ccc(F)c(F)c2)CC1)c1ccccc1. The maximum Gasteiger partial charge on any atom is 0.244 e. The van der Waals surface area contributed by atoms with E-state index in [2.05, 4.69) is 0 Å². The third-order valence-electron chi connectivity index (χ3n) is 5.37. The zero-order chi connectivity index (χ0) is 21.9. The summed E-state index contributed by atoms with van der Waals surface area (Å²) in [5.74, 6) is -2.40. The lowest BCUT2D eigenvalue weighted by Crippen LogP contribution is -2.53. The summed E-state index contributed by atoms with van der Waals surface area (Å²) in [5, 5.41) is 0. The average molecular weight is 438 g/mol. The standard InChI is InChI=1S/C21H25F2N3O3S/c1-3-24(2)20(16-7-5-4-6-8-16)21(27)25-11-13-26(14-12-25)30(28,29)17-9-10-18(22)19(23)15-17/h4-10,15,20H,3,11-14H2,1-2H3. The van der Waals surface area contributed by atoms with E-state index in [0.29, 0.717) is 12.6 Å². The van der Waals surface area contributed by atoms with Gasteiger partial charge in [-0.3, -0.25) is 9.69 Å². The Balaban J connectivity index is 1.73. The van der Waals surface area contributed by atoms with Gasteiger partial charge in [0.2, 0.25) is 15.9 Å². The second kappa shape index (κ2) is 9.20. The molecular weight excluding hydrogens is 412 g/mol. The van der Waals surface area contributed by atoms with Crippen molar-refractivity contribution < 1.29 is 22.0 Å². The number of amides is 1. The van der Waals surface area contributed by atoms with Crippen LogP contribution in [0.1, 0.15) is 18.5 Å². The van der Waals surface area contributed by atoms with Gasteiger partial charge in [-0.2, -0.15) is 4.31 Å². The first-order chi connectivity index (χ1) is 14.3. The number of hydrogen-bond donors (Lipinski definition) is 0. The molecule has 1 atom stereocenters. The van der Waals surface area contributed by atoms with Gasteiger partial charge in [0.1, 0.15) is 6.04 Å². The van der Waals surface area contributed by atoms with Crippen molar-refractivity contribution in [2.45, 2.75) is 17.9 Å². The molecule has 1 unspecified atom stereocenters. The summed E-state index contributed by atoms with van der Waals surface area (Å²) in [4.78, 5) is 16.5. The summed E-state index contributed by atoms with van der Waals surface area (Å²) in [6.07, 6.45) is 0. The van der Waals surface area contributed by atoms with Crippen LogP contribution in [0.4, 0.5) is 8.78 Å². The third-order valence-corrected chi connectivity index (χ3v) is 7.26. The van der Waals surface area contributed by atoms with Crippen LogP contribution < -0.4 is 0 Å². The highest BCUT2D eigenvalue weighted by molar-refractivity contribution is 7.89. The number of carbonyl (C=O) groups is 1. The van der Waals surface area contributed by atoms with Crippen LogP contribution in [0, 0.1) is 11.6 Å². The number of sulfonamides is 1. The van der Waals surface area contributed by atoms with Crippen molar-refractivity contribution in [3.05, 3.63) is 65.7 Å². The molecule has 1 amide bonds. The predicted molar refractivity (Wildman–Crippen MR) is 109 cm³/mol. The van der Waals surface area contributed by atoms with Gasteiger partial charge in [0.15, 0.2) is 11.6 Å². The Morgan fingerprint density at radius 3 is 2.23 bits per heavy atom. The minimum atomic E-state index is -3.97. The van der Waals surface area contributed by atoms with Crippen LogP contribution in [0.2, 0.25) is 0 Å². The van der Waals surface area contributed by atoms with E-state index in [1.807, 2.05) is 49.2 Å². The van der Waals surface area contributed by atoms with Crippen LogP contribution in [-0.4, -0.2) is 68.2 Å². The van der Waals surface area contributed by atoms with Crippen molar-refractivity contribution in [1.82, 2.24) is 14.1 Å². The highest BCUT2D eigenvalue weighted by Gasteiger charge is 2.34. The molecule has 162 valence electrons. The quantitative estimate of drug-likeness (QED) is 0.697. The molecule has 2 aromatic carbocycles. The lowest BCUT2D eigenvalue weighted by atomic mass is 10.0. The summed E-state index contributed by atoms with van der Waals surface area (Å²) >= 11 is 0. The average Bonchev–Trinajstić information content (AvgIpc) is 2.76. The van der Waals surface area contributed by atoms with Crippen LogP contribution in [0.15, 0.2) is 53.4 Å². The molecule has 0 bridgehead atoms. The fraction of sp³-hybridized carbons (Fsp3) is 0.381. The first-order valence-electron chi connectivity index (χ1n) is 9.75. The molecule has 0 N–H and O–H groups in total. The van der Waals surface area contributed by atoms with Gasteiger partial charge in [0.25, 0.3) is 0 Å². The monoisotopic (exact) mass is 437 g/mol. The number of carbonyl (C=O) groups excluding carboxylic acids is 1. The molecule has 0 spiro atoms. The van der Waals surface area contributed by atoms with Crippen molar-refractivity contribution in [2.75, 3.05) is 39.8 Å². The van der Waals surface area contributed by atoms with Gasteiger partial charge < -0.3 is 4.90 Å². The van der Waals surface area contributed by atoms with Gasteiger partial charge in [-0.15, -0.1) is 0 Å². The molecule has 6 nitrogen and oxygen atoms in total. The maximum atomic E-state index is 13.5. The summed E-state index contributed by atoms with van der Waals surface area (Å²) in [6.45, 7) is 3.27. The van der Waals surface area contributed by atoms with E-state index >= 15 is 0 Å². The smallest absolute Gasteiger partial charge is 0.244 e. The van der Waals surface area contributed by atoms with Gasteiger partial charge in [-0.1, -0.05) is 37.3 Å². The molecule has 1 aliphatic rings. The largest absolute Gasteiger partial charge is 0.338 e. The summed E-state index contributed by atoms with van der Waals surface area (Å²) < 4.78 is 53.4. The maximum absolute atomic E-state index is 13.5. The zero-order valence-corrected chi connectivity index (χ0v) is 17.8. The van der Waals surface area contributed by atoms with E-state index in [4.69, 9.17) is 0 Å². The summed E-state index contributed by atoms with van der Waals surface area (Å²) in [6, 6.07) is 11.5. The molecule has 1 heterocycles. The topological polar surface area (TPSA) is 60.9 Å². The number of rotatable bonds is 6. The molecule has 0 saturated carbocycles. The number of piperazine rings is 1. The lowest BCUT2D eigenvalue weighted by Gasteiger charge is -2.37. The molecular formula is C21H25F2N3O3S. The fourth-order valence-corrected chi connectivity index (χ4v) is 4.95. The first-order valence-corrected chi connectivity index (χ1v) is 11.2. The molecule has 1 aliphatic heterocycles. The highest BCUT2D eigenvalue weighted by atomic mass is 32.2. The molecule has 3 rings (SSSR count). The predicted octanol–water partition coefficient (Wildman–Crippen LogP) is 2.49. The molecule has 1 fully saturated rings. The van der Waals surface area contributed by atoms with E-state index in [1.165, 1.54) is 4.31 Å². The minimum Gasteiger partial charge on any atom is -0.338 e. The Kier molecular flexibility index (Phi) is 6.84. The Morgan fingerprint density at radius 2 is 1.67 bits per heavy atom. The van der Waals surface area contributed by atoms with Gasteiger partial charge in [-0.25, -0.2) is 17.2 Å². The van der Waals surface area contributed by atoms with Crippen molar-refractivity contribution >= 4 is 15.9 Å². The van der Waals surface area contributed by atoms with Crippen LogP contribution in [0.5, 0.6) is 0 Å². The summed E-state index contributed by atoms with van der Waals surface area (Å²) in [5.41, 5.74) is 0.878. The van der Waals surface area contributed by atoms with Gasteiger partial charge in [-0.05, 0) is 37.4 Å². The van der Waals surface area contributed by atoms with Crippen molar-refractivity contribution in [3.8, 4) is 0 Å². The molecule has 1 saturated heterocycles. The number of hydrogen-bond acceptors (Lipinski definition) is 4. The Bertz CT molecular complexity index is 994. The Hall–Kier alpha value is -2.36. The molecule has 30 heavy (non-hydrogen) atoms. The summed E-state index contributed by atoms with van der Waals surface area (Å²) in [7, 11) is -2.09. The van der Waals surface area contributed by atoms with Crippen LogP contribution in [0.25, 0.3) is 0 Å². The Morgan fingerprint density at radius 1 is 1.03 bits per heavy atom. The van der Waals surface area contributed by atoms with Gasteiger partial charge in [0.05, 0.1) is 4.90 Å². The number of benzene rings is 2. The highest BCUT2D eigenvalue weighted by Crippen LogP contribution is 2.24. The van der Waals surface area contributed by atoms with Crippen LogP contribution in [0.3, 0.4) is 0 Å². The Labute approximate surface area is 175 Å². The van der Waals surface area contributed by atoms with Gasteiger partial charge >= 0.3 is 0 Å². The number of nitrogens with zero attached hydrogens (tertiary/aromatic N) is 3. The van der Waals surface area contributed by atoms with Crippen molar-refractivity contribution in [1.29, 1.82) is 0 Å². The normalized spacial score (nSPS) is 16.6. The lowest BCUT2D eigenvalue weighted by molar-refractivity contribution is -0.138. The first kappa shape index (κ1) is 22.3. The second-order valence-electron chi connectivity index (χ2n) is 7.19. The van der Waals surface area contributed by atoms with E-state index in [9.17, 15) is 22.0 Å². The third kappa shape index (κ3) is 4.53. The van der Waals surface area contributed by atoms with Crippen molar-refractivity contribution in [3.63, 3.8) is 0 Å². The van der Waals surface area contributed by atoms with E-state index in [0.717, 1.165) is 17.7 Å². The second-order valence-corrected chi connectivity index (χ2v) is 9.13. The molecule has 0 aliphatic carbocycles. The van der Waals surface area contributed by atoms with Crippen molar-refractivity contribution in [2.24, 2.45) is 0 Å². The van der Waals surface area contributed by atoms with E-state index in [-0.39, 0.29) is 37.0 Å². The zero-order valence-electron chi connectivity index (χ0n) is 17.0.